The molecule has 1 aromatic heterocycles. The monoisotopic (exact) mass is 511 g/mol. The molecule has 1 saturated heterocycles. The Morgan fingerprint density at radius 1 is 1.17 bits per heavy atom. The van der Waals surface area contributed by atoms with Crippen molar-refractivity contribution in [2.24, 2.45) is 4.99 Å². The highest BCUT2D eigenvalue weighted by Crippen LogP contribution is 2.26. The molecule has 1 unspecified atom stereocenters. The molecular weight excluding hydrogens is 487 g/mol. The number of H-pyrrole nitrogens is 1. The highest BCUT2D eigenvalue weighted by atomic mass is 127. The van der Waals surface area contributed by atoms with Gasteiger partial charge >= 0.3 is 0 Å². The van der Waals surface area contributed by atoms with Crippen LogP contribution in [0.15, 0.2) is 53.5 Å². The quantitative estimate of drug-likeness (QED) is 0.282. The Labute approximate surface area is 185 Å². The summed E-state index contributed by atoms with van der Waals surface area (Å²) in [6.45, 7) is 1.71. The minimum atomic E-state index is -0.526. The number of anilines is 1. The Balaban J connectivity index is 0.00000240. The van der Waals surface area contributed by atoms with Crippen LogP contribution in [0.5, 0.6) is 0 Å². The normalized spacial score (nSPS) is 16.7. The van der Waals surface area contributed by atoms with Gasteiger partial charge in [-0.3, -0.25) is 4.99 Å². The van der Waals surface area contributed by atoms with Crippen molar-refractivity contribution in [1.82, 2.24) is 15.6 Å². The zero-order chi connectivity index (χ0) is 19.5. The number of nitrogens with one attached hydrogen (secondary N) is 3. The van der Waals surface area contributed by atoms with Gasteiger partial charge in [0.1, 0.15) is 17.3 Å². The predicted octanol–water partition coefficient (Wildman–Crippen LogP) is 4.01. The number of guanidine groups is 1. The molecule has 3 aromatic rings. The SMILES string of the molecule is CN=C(NCc1cc2ccccc2[nH]1)NC1CCN(c2c(F)cccc2F)C1.I. The van der Waals surface area contributed by atoms with E-state index in [1.807, 2.05) is 18.2 Å². The number of halogens is 3. The number of aromatic amines is 1. The molecule has 1 aliphatic rings. The third-order valence-corrected chi connectivity index (χ3v) is 5.04. The lowest BCUT2D eigenvalue weighted by Crippen LogP contribution is -2.44. The van der Waals surface area contributed by atoms with Gasteiger partial charge in [0.05, 0.1) is 6.54 Å². The maximum Gasteiger partial charge on any atom is 0.191 e. The number of nitrogens with zero attached hydrogens (tertiary/aromatic N) is 2. The van der Waals surface area contributed by atoms with E-state index in [1.165, 1.54) is 23.6 Å². The zero-order valence-corrected chi connectivity index (χ0v) is 18.4. The molecule has 5 nitrogen and oxygen atoms in total. The van der Waals surface area contributed by atoms with Crippen LogP contribution in [0.1, 0.15) is 12.1 Å². The molecule has 0 saturated carbocycles. The maximum atomic E-state index is 14.0. The number of hydrogen-bond donors (Lipinski definition) is 3. The van der Waals surface area contributed by atoms with E-state index in [9.17, 15) is 8.78 Å². The fraction of sp³-hybridized carbons (Fsp3) is 0.286. The summed E-state index contributed by atoms with van der Waals surface area (Å²) in [6.07, 6.45) is 0.779. The lowest BCUT2D eigenvalue weighted by molar-refractivity contribution is 0.576. The summed E-state index contributed by atoms with van der Waals surface area (Å²) in [5, 5.41) is 7.81. The fourth-order valence-corrected chi connectivity index (χ4v) is 3.67. The Hall–Kier alpha value is -2.36. The molecule has 1 aliphatic heterocycles. The fourth-order valence-electron chi connectivity index (χ4n) is 3.67. The second kappa shape index (κ2) is 9.43. The maximum absolute atomic E-state index is 14.0. The van der Waals surface area contributed by atoms with Gasteiger partial charge in [0.15, 0.2) is 5.96 Å². The first-order valence-corrected chi connectivity index (χ1v) is 9.37. The first-order valence-electron chi connectivity index (χ1n) is 9.37. The number of aromatic nitrogens is 1. The number of rotatable bonds is 4. The standard InChI is InChI=1S/C21H23F2N5.HI/c1-24-21(25-12-16-11-14-5-2-3-8-19(14)26-16)27-15-9-10-28(13-15)20-17(22)6-4-7-18(20)23;/h2-8,11,15,26H,9-10,12-13H2,1H3,(H2,24,25,27);1H. The van der Waals surface area contributed by atoms with Gasteiger partial charge in [-0.25, -0.2) is 8.78 Å². The molecule has 4 rings (SSSR count). The first kappa shape index (κ1) is 21.4. The van der Waals surface area contributed by atoms with Gasteiger partial charge in [-0.1, -0.05) is 24.3 Å². The van der Waals surface area contributed by atoms with Gasteiger partial charge in [0.2, 0.25) is 0 Å². The third kappa shape index (κ3) is 4.80. The van der Waals surface area contributed by atoms with Crippen LogP contribution in [-0.4, -0.2) is 37.1 Å². The van der Waals surface area contributed by atoms with E-state index in [-0.39, 0.29) is 35.7 Å². The molecule has 1 atom stereocenters. The molecule has 8 heteroatoms. The van der Waals surface area contributed by atoms with Crippen LogP contribution < -0.4 is 15.5 Å². The molecule has 0 aliphatic carbocycles. The average molecular weight is 511 g/mol. The summed E-state index contributed by atoms with van der Waals surface area (Å²) >= 11 is 0. The average Bonchev–Trinajstić information content (AvgIpc) is 3.31. The van der Waals surface area contributed by atoms with E-state index in [4.69, 9.17) is 0 Å². The Bertz CT molecular complexity index is 950. The summed E-state index contributed by atoms with van der Waals surface area (Å²) < 4.78 is 28.0. The number of aliphatic imine (C=N–C) groups is 1. The molecule has 1 fully saturated rings. The van der Waals surface area contributed by atoms with E-state index in [1.54, 1.807) is 11.9 Å². The summed E-state index contributed by atoms with van der Waals surface area (Å²) in [7, 11) is 1.71. The van der Waals surface area contributed by atoms with Gasteiger partial charge in [-0.2, -0.15) is 0 Å². The highest BCUT2D eigenvalue weighted by molar-refractivity contribution is 14.0. The summed E-state index contributed by atoms with van der Waals surface area (Å²) in [5.41, 5.74) is 2.21. The molecule has 0 bridgehead atoms. The van der Waals surface area contributed by atoms with Gasteiger partial charge in [-0.05, 0) is 36.1 Å². The van der Waals surface area contributed by atoms with E-state index < -0.39 is 11.6 Å². The second-order valence-corrected chi connectivity index (χ2v) is 6.95. The van der Waals surface area contributed by atoms with E-state index in [0.29, 0.717) is 25.6 Å². The summed E-state index contributed by atoms with van der Waals surface area (Å²) in [5.74, 6) is -0.386. The van der Waals surface area contributed by atoms with Crippen molar-refractivity contribution in [2.45, 2.75) is 19.0 Å². The molecule has 29 heavy (non-hydrogen) atoms. The van der Waals surface area contributed by atoms with Crippen molar-refractivity contribution in [3.8, 4) is 0 Å². The molecule has 2 heterocycles. The number of fused-ring (bicyclic) bond motifs is 1. The minimum Gasteiger partial charge on any atom is -0.365 e. The Morgan fingerprint density at radius 3 is 2.66 bits per heavy atom. The Kier molecular flexibility index (Phi) is 6.94. The molecule has 0 amide bonds. The van der Waals surface area contributed by atoms with Crippen molar-refractivity contribution in [2.75, 3.05) is 25.0 Å². The smallest absolute Gasteiger partial charge is 0.191 e. The summed E-state index contributed by atoms with van der Waals surface area (Å²) in [6, 6.07) is 14.3. The highest BCUT2D eigenvalue weighted by Gasteiger charge is 2.27. The van der Waals surface area contributed by atoms with Crippen molar-refractivity contribution in [1.29, 1.82) is 0 Å². The predicted molar refractivity (Wildman–Crippen MR) is 124 cm³/mol. The largest absolute Gasteiger partial charge is 0.365 e. The topological polar surface area (TPSA) is 55.5 Å². The number of para-hydroxylation sites is 2. The van der Waals surface area contributed by atoms with Crippen LogP contribution in [0, 0.1) is 11.6 Å². The molecule has 3 N–H and O–H groups in total. The molecule has 2 aromatic carbocycles. The van der Waals surface area contributed by atoms with Gasteiger partial charge < -0.3 is 20.5 Å². The van der Waals surface area contributed by atoms with E-state index in [2.05, 4.69) is 32.7 Å². The Morgan fingerprint density at radius 2 is 1.93 bits per heavy atom. The van der Waals surface area contributed by atoms with E-state index in [0.717, 1.165) is 17.6 Å². The van der Waals surface area contributed by atoms with Gasteiger partial charge in [0.25, 0.3) is 0 Å². The van der Waals surface area contributed by atoms with Gasteiger partial charge in [-0.15, -0.1) is 24.0 Å². The van der Waals surface area contributed by atoms with Crippen molar-refractivity contribution in [3.63, 3.8) is 0 Å². The van der Waals surface area contributed by atoms with Crippen LogP contribution in [0.2, 0.25) is 0 Å². The molecule has 0 spiro atoms. The van der Waals surface area contributed by atoms with Crippen molar-refractivity contribution >= 4 is 46.5 Å². The minimum absolute atomic E-state index is 0. The van der Waals surface area contributed by atoms with Crippen LogP contribution >= 0.6 is 24.0 Å². The van der Waals surface area contributed by atoms with Crippen molar-refractivity contribution < 1.29 is 8.78 Å². The molecule has 154 valence electrons. The second-order valence-electron chi connectivity index (χ2n) is 6.95. The van der Waals surface area contributed by atoms with Crippen LogP contribution in [0.4, 0.5) is 14.5 Å². The molecular formula is C21H24F2IN5. The van der Waals surface area contributed by atoms with Gasteiger partial charge in [0, 0.05) is 37.4 Å². The molecule has 0 radical (unpaired) electrons. The van der Waals surface area contributed by atoms with Crippen LogP contribution in [-0.2, 0) is 6.54 Å². The zero-order valence-electron chi connectivity index (χ0n) is 16.1. The number of benzene rings is 2. The number of hydrogen-bond acceptors (Lipinski definition) is 2. The first-order chi connectivity index (χ1) is 13.6. The van der Waals surface area contributed by atoms with Crippen LogP contribution in [0.25, 0.3) is 10.9 Å². The van der Waals surface area contributed by atoms with Crippen LogP contribution in [0.3, 0.4) is 0 Å². The van der Waals surface area contributed by atoms with Crippen molar-refractivity contribution in [3.05, 3.63) is 65.9 Å². The lowest BCUT2D eigenvalue weighted by atomic mass is 10.2. The van der Waals surface area contributed by atoms with E-state index >= 15 is 0 Å². The lowest BCUT2D eigenvalue weighted by Gasteiger charge is -2.21. The summed E-state index contributed by atoms with van der Waals surface area (Å²) in [4.78, 5) is 9.38. The third-order valence-electron chi connectivity index (χ3n) is 5.04.